The van der Waals surface area contributed by atoms with E-state index >= 15 is 0 Å². The van der Waals surface area contributed by atoms with Gasteiger partial charge in [-0.1, -0.05) is 6.92 Å². The molecule has 0 aliphatic carbocycles. The number of rotatable bonds is 3. The monoisotopic (exact) mass is 361 g/mol. The quantitative estimate of drug-likeness (QED) is 0.832. The zero-order valence-electron chi connectivity index (χ0n) is 12.7. The number of carbonyl (C=O) groups excluding carboxylic acids is 1. The highest BCUT2D eigenvalue weighted by Crippen LogP contribution is 2.33. The molecule has 9 heteroatoms. The van der Waals surface area contributed by atoms with Crippen LogP contribution < -0.4 is 15.4 Å². The largest absolute Gasteiger partial charge is 0.478 e. The normalized spacial score (nSPS) is 21.6. The Kier molecular flexibility index (Phi) is 5.51. The van der Waals surface area contributed by atoms with Crippen LogP contribution in [0.1, 0.15) is 13.3 Å². The number of carbonyl (C=O) groups is 1. The molecule has 0 spiro atoms. The summed E-state index contributed by atoms with van der Waals surface area (Å²) < 4.78 is 32.3. The van der Waals surface area contributed by atoms with Crippen LogP contribution in [-0.4, -0.2) is 50.9 Å². The van der Waals surface area contributed by atoms with Crippen molar-refractivity contribution in [3.05, 3.63) is 18.2 Å². The first-order valence-electron chi connectivity index (χ1n) is 7.35. The van der Waals surface area contributed by atoms with Gasteiger partial charge in [0.15, 0.2) is 6.10 Å². The van der Waals surface area contributed by atoms with Crippen LogP contribution >= 0.6 is 12.4 Å². The van der Waals surface area contributed by atoms with Crippen molar-refractivity contribution in [3.63, 3.8) is 0 Å². The van der Waals surface area contributed by atoms with E-state index in [1.165, 1.54) is 16.4 Å². The molecule has 1 unspecified atom stereocenters. The molecular weight excluding hydrogens is 342 g/mol. The van der Waals surface area contributed by atoms with Crippen molar-refractivity contribution >= 4 is 34.0 Å². The fourth-order valence-electron chi connectivity index (χ4n) is 2.59. The smallest absolute Gasteiger partial charge is 0.265 e. The highest BCUT2D eigenvalue weighted by molar-refractivity contribution is 7.89. The molecule has 3 rings (SSSR count). The van der Waals surface area contributed by atoms with Crippen molar-refractivity contribution in [1.29, 1.82) is 0 Å². The van der Waals surface area contributed by atoms with Gasteiger partial charge in [0.1, 0.15) is 5.75 Å². The highest BCUT2D eigenvalue weighted by atomic mass is 35.5. The van der Waals surface area contributed by atoms with Gasteiger partial charge >= 0.3 is 0 Å². The Morgan fingerprint density at radius 1 is 1.30 bits per heavy atom. The molecule has 1 aromatic carbocycles. The Hall–Kier alpha value is -1.35. The summed E-state index contributed by atoms with van der Waals surface area (Å²) in [5.41, 5.74) is 0.408. The van der Waals surface area contributed by atoms with E-state index in [-0.39, 0.29) is 23.2 Å². The molecular formula is C14H20ClN3O4S. The predicted molar refractivity (Wildman–Crippen MR) is 88.7 cm³/mol. The summed E-state index contributed by atoms with van der Waals surface area (Å²) in [4.78, 5) is 12.0. The summed E-state index contributed by atoms with van der Waals surface area (Å²) in [6.45, 7) is 4.03. The minimum Gasteiger partial charge on any atom is -0.478 e. The summed E-state index contributed by atoms with van der Waals surface area (Å²) in [6.07, 6.45) is 0.0367. The van der Waals surface area contributed by atoms with E-state index in [1.807, 2.05) is 6.92 Å². The lowest BCUT2D eigenvalue weighted by Gasteiger charge is -2.28. The van der Waals surface area contributed by atoms with Gasteiger partial charge in [-0.05, 0) is 24.6 Å². The van der Waals surface area contributed by atoms with E-state index in [1.54, 1.807) is 6.07 Å². The third-order valence-corrected chi connectivity index (χ3v) is 5.75. The van der Waals surface area contributed by atoms with Gasteiger partial charge in [0.25, 0.3) is 5.91 Å². The number of amides is 1. The lowest BCUT2D eigenvalue weighted by molar-refractivity contribution is -0.123. The molecule has 1 atom stereocenters. The second-order valence-corrected chi connectivity index (χ2v) is 7.25. The fourth-order valence-corrected chi connectivity index (χ4v) is 4.06. The molecule has 0 radical (unpaired) electrons. The SMILES string of the molecule is CCC1Oc2ccc(S(=O)(=O)N3CCNCC3)cc2NC1=O.Cl. The van der Waals surface area contributed by atoms with Crippen LogP contribution in [0.4, 0.5) is 5.69 Å². The van der Waals surface area contributed by atoms with Gasteiger partial charge in [-0.2, -0.15) is 4.31 Å². The summed E-state index contributed by atoms with van der Waals surface area (Å²) in [5, 5.41) is 5.84. The van der Waals surface area contributed by atoms with Crippen LogP contribution in [0, 0.1) is 0 Å². The average Bonchev–Trinajstić information content (AvgIpc) is 2.54. The van der Waals surface area contributed by atoms with Crippen molar-refractivity contribution in [1.82, 2.24) is 9.62 Å². The summed E-state index contributed by atoms with van der Waals surface area (Å²) in [5.74, 6) is 0.262. The second-order valence-electron chi connectivity index (χ2n) is 5.32. The van der Waals surface area contributed by atoms with Crippen LogP contribution in [-0.2, 0) is 14.8 Å². The van der Waals surface area contributed by atoms with Gasteiger partial charge in [0.05, 0.1) is 10.6 Å². The second kappa shape index (κ2) is 7.04. The average molecular weight is 362 g/mol. The van der Waals surface area contributed by atoms with E-state index in [4.69, 9.17) is 4.74 Å². The number of piperazine rings is 1. The number of nitrogens with zero attached hydrogens (tertiary/aromatic N) is 1. The molecule has 0 aromatic heterocycles. The number of hydrogen-bond acceptors (Lipinski definition) is 5. The number of nitrogens with one attached hydrogen (secondary N) is 2. The molecule has 1 amide bonds. The van der Waals surface area contributed by atoms with Crippen LogP contribution in [0.3, 0.4) is 0 Å². The Morgan fingerprint density at radius 2 is 2.00 bits per heavy atom. The summed E-state index contributed by atoms with van der Waals surface area (Å²) in [6, 6.07) is 4.60. The zero-order chi connectivity index (χ0) is 15.7. The Labute approximate surface area is 141 Å². The van der Waals surface area contributed by atoms with Crippen molar-refractivity contribution in [2.45, 2.75) is 24.3 Å². The van der Waals surface area contributed by atoms with Crippen molar-refractivity contribution < 1.29 is 17.9 Å². The molecule has 2 N–H and O–H groups in total. The van der Waals surface area contributed by atoms with Crippen LogP contribution in [0.5, 0.6) is 5.75 Å². The van der Waals surface area contributed by atoms with E-state index < -0.39 is 16.1 Å². The molecule has 1 saturated heterocycles. The van der Waals surface area contributed by atoms with Gasteiger partial charge in [-0.25, -0.2) is 8.42 Å². The number of anilines is 1. The van der Waals surface area contributed by atoms with Crippen molar-refractivity contribution in [2.24, 2.45) is 0 Å². The lowest BCUT2D eigenvalue weighted by Crippen LogP contribution is -2.46. The molecule has 2 heterocycles. The van der Waals surface area contributed by atoms with Gasteiger partial charge < -0.3 is 15.4 Å². The number of fused-ring (bicyclic) bond motifs is 1. The maximum absolute atomic E-state index is 12.6. The minimum absolute atomic E-state index is 0. The van der Waals surface area contributed by atoms with E-state index in [9.17, 15) is 13.2 Å². The number of ether oxygens (including phenoxy) is 1. The van der Waals surface area contributed by atoms with Gasteiger partial charge in [0.2, 0.25) is 10.0 Å². The van der Waals surface area contributed by atoms with Crippen molar-refractivity contribution in [3.8, 4) is 5.75 Å². The Bertz CT molecular complexity index is 689. The number of halogens is 1. The van der Waals surface area contributed by atoms with Gasteiger partial charge in [-0.15, -0.1) is 12.4 Å². The highest BCUT2D eigenvalue weighted by Gasteiger charge is 2.30. The molecule has 0 bridgehead atoms. The fraction of sp³-hybridized carbons (Fsp3) is 0.500. The van der Waals surface area contributed by atoms with Crippen molar-refractivity contribution in [2.75, 3.05) is 31.5 Å². The molecule has 1 aromatic rings. The first-order valence-corrected chi connectivity index (χ1v) is 8.79. The Balaban J connectivity index is 0.00000192. The van der Waals surface area contributed by atoms with Crippen LogP contribution in [0.25, 0.3) is 0 Å². The van der Waals surface area contributed by atoms with E-state index in [0.717, 1.165) is 0 Å². The standard InChI is InChI=1S/C14H19N3O4S.ClH/c1-2-12-14(18)16-11-9-10(3-4-13(11)21-12)22(19,20)17-7-5-15-6-8-17;/h3-4,9,12,15H,2,5-8H2,1H3,(H,16,18);1H. The number of benzene rings is 1. The molecule has 0 saturated carbocycles. The first-order chi connectivity index (χ1) is 10.5. The third-order valence-electron chi connectivity index (χ3n) is 3.86. The zero-order valence-corrected chi connectivity index (χ0v) is 14.4. The predicted octanol–water partition coefficient (Wildman–Crippen LogP) is 0.812. The number of hydrogen-bond donors (Lipinski definition) is 2. The molecule has 2 aliphatic rings. The maximum Gasteiger partial charge on any atom is 0.265 e. The van der Waals surface area contributed by atoms with Gasteiger partial charge in [0, 0.05) is 26.2 Å². The topological polar surface area (TPSA) is 87.7 Å². The van der Waals surface area contributed by atoms with E-state index in [2.05, 4.69) is 10.6 Å². The lowest BCUT2D eigenvalue weighted by atomic mass is 10.2. The van der Waals surface area contributed by atoms with Crippen LogP contribution in [0.2, 0.25) is 0 Å². The Morgan fingerprint density at radius 3 is 2.65 bits per heavy atom. The first kappa shape index (κ1) is 18.0. The van der Waals surface area contributed by atoms with Crippen LogP contribution in [0.15, 0.2) is 23.1 Å². The third kappa shape index (κ3) is 3.45. The molecule has 128 valence electrons. The molecule has 2 aliphatic heterocycles. The summed E-state index contributed by atoms with van der Waals surface area (Å²) >= 11 is 0. The van der Waals surface area contributed by atoms with Gasteiger partial charge in [-0.3, -0.25) is 4.79 Å². The molecule has 1 fully saturated rings. The van der Waals surface area contributed by atoms with E-state index in [0.29, 0.717) is 44.0 Å². The molecule has 23 heavy (non-hydrogen) atoms. The maximum atomic E-state index is 12.6. The minimum atomic E-state index is -3.55. The summed E-state index contributed by atoms with van der Waals surface area (Å²) in [7, 11) is -3.55. The molecule has 7 nitrogen and oxygen atoms in total. The number of sulfonamides is 1.